The van der Waals surface area contributed by atoms with Gasteiger partial charge in [-0.3, -0.25) is 4.79 Å². The van der Waals surface area contributed by atoms with Crippen LogP contribution in [0.3, 0.4) is 0 Å². The van der Waals surface area contributed by atoms with Crippen LogP contribution < -0.4 is 10.6 Å². The highest BCUT2D eigenvalue weighted by Crippen LogP contribution is 2.34. The predicted molar refractivity (Wildman–Crippen MR) is 140 cm³/mol. The number of carbonyl (C=O) groups excluding carboxylic acids is 1. The number of nitrogens with one attached hydrogen (secondary N) is 2. The van der Waals surface area contributed by atoms with Crippen LogP contribution in [0.15, 0.2) is 36.4 Å². The summed E-state index contributed by atoms with van der Waals surface area (Å²) in [5, 5.41) is 15.5. The van der Waals surface area contributed by atoms with Gasteiger partial charge in [0.2, 0.25) is 5.91 Å². The number of benzene rings is 1. The number of aryl methyl sites for hydroxylation is 2. The van der Waals surface area contributed by atoms with E-state index in [9.17, 15) is 27.9 Å². The van der Waals surface area contributed by atoms with Crippen LogP contribution in [0, 0.1) is 5.92 Å². The number of aromatic nitrogens is 1. The second kappa shape index (κ2) is 12.8. The number of halogens is 3. The van der Waals surface area contributed by atoms with Gasteiger partial charge in [0.25, 0.3) is 0 Å². The van der Waals surface area contributed by atoms with E-state index in [0.29, 0.717) is 5.92 Å². The van der Waals surface area contributed by atoms with E-state index in [1.54, 1.807) is 6.92 Å². The molecule has 1 saturated carbocycles. The third kappa shape index (κ3) is 7.71. The van der Waals surface area contributed by atoms with Crippen LogP contribution in [0.1, 0.15) is 73.8 Å². The number of anilines is 1. The number of fused-ring (bicyclic) bond motifs is 1. The molecule has 39 heavy (non-hydrogen) atoms. The molecule has 0 spiro atoms. The van der Waals surface area contributed by atoms with E-state index in [0.717, 1.165) is 68.7 Å². The van der Waals surface area contributed by atoms with Crippen LogP contribution in [-0.2, 0) is 33.3 Å². The van der Waals surface area contributed by atoms with Gasteiger partial charge >= 0.3 is 12.1 Å². The number of hydrogen-bond donors (Lipinski definition) is 3. The number of alkyl halides is 3. The van der Waals surface area contributed by atoms with Gasteiger partial charge in [0.05, 0.1) is 17.6 Å². The molecule has 7 nitrogen and oxygen atoms in total. The van der Waals surface area contributed by atoms with Crippen molar-refractivity contribution in [3.05, 3.63) is 58.8 Å². The number of amides is 1. The molecule has 1 aromatic heterocycles. The maximum Gasteiger partial charge on any atom is 0.416 e. The minimum absolute atomic E-state index is 0.0619. The third-order valence-corrected chi connectivity index (χ3v) is 7.67. The highest BCUT2D eigenvalue weighted by Gasteiger charge is 2.33. The Morgan fingerprint density at radius 2 is 2.03 bits per heavy atom. The van der Waals surface area contributed by atoms with Gasteiger partial charge in [0, 0.05) is 25.3 Å². The summed E-state index contributed by atoms with van der Waals surface area (Å²) in [6.45, 7) is 2.81. The fraction of sp³-hybridized carbons (Fsp3) is 0.552. The Balaban J connectivity index is 1.19. The standard InChI is InChI=1S/C29H36F3N3O4/c1-2-24(20-5-3-7-21(17-20)29(30,31)32)27(36)35-25(28(37)38)12-14-39-23-15-18(16-23)8-10-22-11-9-19-6-4-13-33-26(19)34-22/h3,5,7,9,11,17-18,23-25H,2,4,6,8,10,12-16H2,1H3,(H,33,34)(H,35,36)(H,37,38)/t18-,23-,24?,25-/m0/s1. The number of aliphatic carboxylic acids is 1. The van der Waals surface area contributed by atoms with E-state index in [4.69, 9.17) is 9.72 Å². The van der Waals surface area contributed by atoms with Crippen LogP contribution in [0.2, 0.25) is 0 Å². The lowest BCUT2D eigenvalue weighted by Gasteiger charge is -2.35. The number of pyridine rings is 1. The Morgan fingerprint density at radius 3 is 2.74 bits per heavy atom. The van der Waals surface area contributed by atoms with Crippen molar-refractivity contribution >= 4 is 17.7 Å². The van der Waals surface area contributed by atoms with Crippen LogP contribution >= 0.6 is 0 Å². The van der Waals surface area contributed by atoms with Crippen LogP contribution in [0.25, 0.3) is 0 Å². The van der Waals surface area contributed by atoms with Gasteiger partial charge in [0.15, 0.2) is 0 Å². The Kier molecular flexibility index (Phi) is 9.48. The summed E-state index contributed by atoms with van der Waals surface area (Å²) in [6.07, 6.45) is 1.78. The summed E-state index contributed by atoms with van der Waals surface area (Å²) >= 11 is 0. The lowest BCUT2D eigenvalue weighted by molar-refractivity contribution is -0.143. The van der Waals surface area contributed by atoms with Gasteiger partial charge in [-0.05, 0) is 74.1 Å². The van der Waals surface area contributed by atoms with Crippen LogP contribution in [0.5, 0.6) is 0 Å². The van der Waals surface area contributed by atoms with Gasteiger partial charge in [-0.15, -0.1) is 0 Å². The zero-order valence-electron chi connectivity index (χ0n) is 22.1. The number of carbonyl (C=O) groups is 2. The molecule has 0 radical (unpaired) electrons. The first-order valence-electron chi connectivity index (χ1n) is 13.7. The van der Waals surface area contributed by atoms with Gasteiger partial charge in [-0.1, -0.05) is 31.2 Å². The monoisotopic (exact) mass is 547 g/mol. The smallest absolute Gasteiger partial charge is 0.416 e. The Bertz CT molecular complexity index is 1150. The van der Waals surface area contributed by atoms with Gasteiger partial charge in [-0.2, -0.15) is 13.2 Å². The molecule has 0 bridgehead atoms. The predicted octanol–water partition coefficient (Wildman–Crippen LogP) is 5.34. The summed E-state index contributed by atoms with van der Waals surface area (Å²) in [6, 6.07) is 7.68. The van der Waals surface area contributed by atoms with E-state index in [1.807, 2.05) is 0 Å². The SMILES string of the molecule is CCC(C(=O)N[C@@H](CCO[C@H]1C[C@H](CCc2ccc3c(n2)NCCC3)C1)C(=O)O)c1cccc(C(F)(F)F)c1. The number of hydrogen-bond acceptors (Lipinski definition) is 5. The molecule has 1 unspecified atom stereocenters. The zero-order chi connectivity index (χ0) is 28.0. The van der Waals surface area contributed by atoms with Gasteiger partial charge < -0.3 is 20.5 Å². The summed E-state index contributed by atoms with van der Waals surface area (Å²) in [5.41, 5.74) is 1.72. The van der Waals surface area contributed by atoms with E-state index < -0.39 is 35.6 Å². The Labute approximate surface area is 226 Å². The molecule has 1 amide bonds. The molecule has 1 aromatic carbocycles. The van der Waals surface area contributed by atoms with Crippen LogP contribution in [0.4, 0.5) is 19.0 Å². The second-order valence-corrected chi connectivity index (χ2v) is 10.5. The fourth-order valence-electron chi connectivity index (χ4n) is 5.29. The molecular formula is C29H36F3N3O4. The molecule has 2 heterocycles. The Hall–Kier alpha value is -3.14. The molecule has 212 valence electrons. The minimum atomic E-state index is -4.53. The van der Waals surface area contributed by atoms with Crippen molar-refractivity contribution in [1.82, 2.24) is 10.3 Å². The third-order valence-electron chi connectivity index (χ3n) is 7.67. The first kappa shape index (κ1) is 28.9. The van der Waals surface area contributed by atoms with Crippen molar-refractivity contribution in [2.24, 2.45) is 5.92 Å². The van der Waals surface area contributed by atoms with Crippen molar-refractivity contribution < 1.29 is 32.6 Å². The molecule has 4 rings (SSSR count). The molecule has 2 aliphatic rings. The van der Waals surface area contributed by atoms with E-state index in [-0.39, 0.29) is 31.1 Å². The molecule has 1 aliphatic heterocycles. The topological polar surface area (TPSA) is 101 Å². The molecule has 2 aromatic rings. The number of rotatable bonds is 12. The normalized spacial score (nSPS) is 20.2. The first-order chi connectivity index (χ1) is 18.6. The number of nitrogens with zero attached hydrogens (tertiary/aromatic N) is 1. The maximum absolute atomic E-state index is 13.1. The molecule has 1 aliphatic carbocycles. The maximum atomic E-state index is 13.1. The van der Waals surface area contributed by atoms with Gasteiger partial charge in [0.1, 0.15) is 11.9 Å². The van der Waals surface area contributed by atoms with Crippen molar-refractivity contribution in [1.29, 1.82) is 0 Å². The number of carboxylic acids is 1. The number of ether oxygens (including phenoxy) is 1. The molecule has 2 atom stereocenters. The second-order valence-electron chi connectivity index (χ2n) is 10.5. The van der Waals surface area contributed by atoms with Gasteiger partial charge in [-0.25, -0.2) is 9.78 Å². The molecule has 1 fully saturated rings. The van der Waals surface area contributed by atoms with E-state index in [2.05, 4.69) is 22.8 Å². The molecule has 3 N–H and O–H groups in total. The highest BCUT2D eigenvalue weighted by molar-refractivity contribution is 5.88. The Morgan fingerprint density at radius 1 is 1.23 bits per heavy atom. The van der Waals surface area contributed by atoms with Crippen molar-refractivity contribution in [3.63, 3.8) is 0 Å². The van der Waals surface area contributed by atoms with E-state index >= 15 is 0 Å². The lowest BCUT2D eigenvalue weighted by atomic mass is 9.79. The zero-order valence-corrected chi connectivity index (χ0v) is 22.1. The molecular weight excluding hydrogens is 511 g/mol. The summed E-state index contributed by atoms with van der Waals surface area (Å²) in [5.74, 6) is -1.16. The average molecular weight is 548 g/mol. The van der Waals surface area contributed by atoms with Crippen molar-refractivity contribution in [3.8, 4) is 0 Å². The molecule has 10 heteroatoms. The molecule has 0 saturated heterocycles. The summed E-state index contributed by atoms with van der Waals surface area (Å²) < 4.78 is 45.1. The summed E-state index contributed by atoms with van der Waals surface area (Å²) in [7, 11) is 0. The average Bonchev–Trinajstić information content (AvgIpc) is 2.88. The first-order valence-corrected chi connectivity index (χ1v) is 13.7. The summed E-state index contributed by atoms with van der Waals surface area (Å²) in [4.78, 5) is 29.3. The fourth-order valence-corrected chi connectivity index (χ4v) is 5.29. The highest BCUT2D eigenvalue weighted by atomic mass is 19.4. The minimum Gasteiger partial charge on any atom is -0.480 e. The number of carboxylic acid groups (broad SMARTS) is 1. The lowest BCUT2D eigenvalue weighted by Crippen LogP contribution is -2.44. The van der Waals surface area contributed by atoms with Crippen molar-refractivity contribution in [2.45, 2.75) is 82.5 Å². The quantitative estimate of drug-likeness (QED) is 0.332. The largest absolute Gasteiger partial charge is 0.480 e. The van der Waals surface area contributed by atoms with Crippen molar-refractivity contribution in [2.75, 3.05) is 18.5 Å². The van der Waals surface area contributed by atoms with E-state index in [1.165, 1.54) is 17.7 Å². The van der Waals surface area contributed by atoms with Crippen LogP contribution in [-0.4, -0.2) is 47.3 Å².